The second-order valence-electron chi connectivity index (χ2n) is 10.9. The van der Waals surface area contributed by atoms with E-state index in [2.05, 4.69) is 44.1 Å². The topological polar surface area (TPSA) is 112 Å². The van der Waals surface area contributed by atoms with Gasteiger partial charge < -0.3 is 30.3 Å². The summed E-state index contributed by atoms with van der Waals surface area (Å²) in [6, 6.07) is 11.4. The smallest absolute Gasteiger partial charge is 0.224 e. The molecule has 3 heterocycles. The molecule has 2 aromatic carbocycles. The Morgan fingerprint density at radius 3 is 2.79 bits per heavy atom. The van der Waals surface area contributed by atoms with Gasteiger partial charge in [-0.25, -0.2) is 0 Å². The third kappa shape index (κ3) is 8.17. The molecule has 0 bridgehead atoms. The molecule has 2 aliphatic rings. The molecule has 1 aromatic heterocycles. The molecular weight excluding hydrogens is 564 g/mol. The minimum atomic E-state index is -0.0718. The SMILES string of the molecule is CCOc1cc2ncc(C#N)c(Nc3ccc(OCC4C=CCCN4)c(Cl)c3)c2cc1NC(=O)CCCN1CCCCC1. The van der Waals surface area contributed by atoms with Crippen LogP contribution in [0, 0.1) is 11.3 Å². The normalized spacial score (nSPS) is 16.9. The summed E-state index contributed by atoms with van der Waals surface area (Å²) in [4.78, 5) is 19.9. The van der Waals surface area contributed by atoms with Gasteiger partial charge in [-0.05, 0) is 83.1 Å². The third-order valence-electron chi connectivity index (χ3n) is 7.70. The molecule has 226 valence electrons. The zero-order valence-electron chi connectivity index (χ0n) is 24.6. The second kappa shape index (κ2) is 15.1. The molecule has 1 saturated heterocycles. The van der Waals surface area contributed by atoms with Crippen LogP contribution in [0.3, 0.4) is 0 Å². The monoisotopic (exact) mass is 602 g/mol. The van der Waals surface area contributed by atoms with E-state index < -0.39 is 0 Å². The molecule has 0 radical (unpaired) electrons. The van der Waals surface area contributed by atoms with Gasteiger partial charge in [0.05, 0.1) is 40.1 Å². The summed E-state index contributed by atoms with van der Waals surface area (Å²) in [6.07, 6.45) is 11.8. The number of hydrogen-bond acceptors (Lipinski definition) is 8. The van der Waals surface area contributed by atoms with Gasteiger partial charge in [0.25, 0.3) is 0 Å². The number of rotatable bonds is 12. The Bertz CT molecular complexity index is 1500. The molecule has 0 aliphatic carbocycles. The van der Waals surface area contributed by atoms with Gasteiger partial charge in [-0.1, -0.05) is 30.2 Å². The molecule has 43 heavy (non-hydrogen) atoms. The van der Waals surface area contributed by atoms with E-state index in [1.54, 1.807) is 12.1 Å². The number of likely N-dealkylation sites (tertiary alicyclic amines) is 1. The fraction of sp³-hybridized carbons (Fsp3) is 0.424. The van der Waals surface area contributed by atoms with Crippen LogP contribution in [-0.4, -0.2) is 61.2 Å². The number of hydrogen-bond donors (Lipinski definition) is 3. The summed E-state index contributed by atoms with van der Waals surface area (Å²) in [5.41, 5.74) is 2.80. The van der Waals surface area contributed by atoms with E-state index in [4.69, 9.17) is 21.1 Å². The molecule has 1 amide bonds. The number of fused-ring (bicyclic) bond motifs is 1. The minimum Gasteiger partial charge on any atom is -0.492 e. The maximum atomic E-state index is 13.0. The lowest BCUT2D eigenvalue weighted by atomic mass is 10.1. The largest absolute Gasteiger partial charge is 0.492 e. The highest BCUT2D eigenvalue weighted by atomic mass is 35.5. The molecule has 9 nitrogen and oxygen atoms in total. The summed E-state index contributed by atoms with van der Waals surface area (Å²) in [6.45, 7) is 6.89. The van der Waals surface area contributed by atoms with E-state index in [0.29, 0.717) is 69.7 Å². The van der Waals surface area contributed by atoms with Crippen LogP contribution in [0.4, 0.5) is 17.1 Å². The highest BCUT2D eigenvalue weighted by molar-refractivity contribution is 6.32. The second-order valence-corrected chi connectivity index (χ2v) is 11.3. The van der Waals surface area contributed by atoms with Gasteiger partial charge >= 0.3 is 0 Å². The van der Waals surface area contributed by atoms with Crippen LogP contribution in [0.15, 0.2) is 48.7 Å². The number of amides is 1. The fourth-order valence-electron chi connectivity index (χ4n) is 5.49. The maximum Gasteiger partial charge on any atom is 0.224 e. The van der Waals surface area contributed by atoms with E-state index in [1.807, 2.05) is 25.1 Å². The Hall–Kier alpha value is -3.84. The van der Waals surface area contributed by atoms with E-state index in [9.17, 15) is 10.1 Å². The van der Waals surface area contributed by atoms with Gasteiger partial charge in [0.15, 0.2) is 0 Å². The lowest BCUT2D eigenvalue weighted by Crippen LogP contribution is -2.35. The Kier molecular flexibility index (Phi) is 10.7. The molecular formula is C33H39ClN6O3. The van der Waals surface area contributed by atoms with Crippen molar-refractivity contribution in [3.05, 3.63) is 59.3 Å². The summed E-state index contributed by atoms with van der Waals surface area (Å²) in [7, 11) is 0. The van der Waals surface area contributed by atoms with Crippen molar-refractivity contribution in [2.45, 2.75) is 51.5 Å². The van der Waals surface area contributed by atoms with E-state index in [1.165, 1.54) is 25.5 Å². The first kappa shape index (κ1) is 30.6. The molecule has 3 N–H and O–H groups in total. The zero-order valence-corrected chi connectivity index (χ0v) is 25.4. The first-order chi connectivity index (χ1) is 21.0. The molecule has 1 unspecified atom stereocenters. The van der Waals surface area contributed by atoms with Crippen molar-refractivity contribution in [1.82, 2.24) is 15.2 Å². The number of benzene rings is 2. The van der Waals surface area contributed by atoms with Crippen LogP contribution >= 0.6 is 11.6 Å². The Morgan fingerprint density at radius 2 is 2.05 bits per heavy atom. The molecule has 3 aromatic rings. The predicted molar refractivity (Wildman–Crippen MR) is 172 cm³/mol. The van der Waals surface area contributed by atoms with Crippen molar-refractivity contribution >= 4 is 45.5 Å². The van der Waals surface area contributed by atoms with Gasteiger partial charge in [-0.15, -0.1) is 0 Å². The van der Waals surface area contributed by atoms with E-state index in [-0.39, 0.29) is 11.9 Å². The number of piperidine rings is 1. The Balaban J connectivity index is 1.34. The number of aromatic nitrogens is 1. The van der Waals surface area contributed by atoms with Gasteiger partial charge in [-0.2, -0.15) is 5.26 Å². The molecule has 0 spiro atoms. The molecule has 2 aliphatic heterocycles. The van der Waals surface area contributed by atoms with Crippen molar-refractivity contribution in [3.8, 4) is 17.6 Å². The van der Waals surface area contributed by atoms with Crippen molar-refractivity contribution in [3.63, 3.8) is 0 Å². The van der Waals surface area contributed by atoms with Crippen LogP contribution in [0.2, 0.25) is 5.02 Å². The highest BCUT2D eigenvalue weighted by Crippen LogP contribution is 2.37. The summed E-state index contributed by atoms with van der Waals surface area (Å²) >= 11 is 6.59. The Labute approximate surface area is 258 Å². The first-order valence-corrected chi connectivity index (χ1v) is 15.5. The average molecular weight is 603 g/mol. The van der Waals surface area contributed by atoms with Gasteiger partial charge in [0.1, 0.15) is 24.2 Å². The molecule has 1 fully saturated rings. The molecule has 5 rings (SSSR count). The van der Waals surface area contributed by atoms with Crippen LogP contribution in [0.1, 0.15) is 51.0 Å². The van der Waals surface area contributed by atoms with Crippen molar-refractivity contribution in [2.75, 3.05) is 50.0 Å². The van der Waals surface area contributed by atoms with Crippen molar-refractivity contribution < 1.29 is 14.3 Å². The van der Waals surface area contributed by atoms with Crippen molar-refractivity contribution in [2.24, 2.45) is 0 Å². The van der Waals surface area contributed by atoms with Crippen molar-refractivity contribution in [1.29, 1.82) is 5.26 Å². The van der Waals surface area contributed by atoms with Crippen LogP contribution in [-0.2, 0) is 4.79 Å². The summed E-state index contributed by atoms with van der Waals surface area (Å²) in [5, 5.41) is 20.8. The predicted octanol–water partition coefficient (Wildman–Crippen LogP) is 6.40. The maximum absolute atomic E-state index is 13.0. The van der Waals surface area contributed by atoms with E-state index in [0.717, 1.165) is 39.0 Å². The summed E-state index contributed by atoms with van der Waals surface area (Å²) in [5.74, 6) is 1.05. The lowest BCUT2D eigenvalue weighted by molar-refractivity contribution is -0.116. The van der Waals surface area contributed by atoms with Crippen LogP contribution < -0.4 is 25.4 Å². The number of nitrogens with zero attached hydrogens (tertiary/aromatic N) is 3. The number of anilines is 3. The standard InChI is InChI=1S/C33H39ClN6O3/c1-2-42-31-19-28-26(18-29(31)39-32(41)10-8-16-40-14-6-3-7-15-40)33(23(20-35)21-37-28)38-24-11-12-30(27(34)17-24)43-22-25-9-4-5-13-36-25/h4,9,11-12,17-19,21,25,36H,2-3,5-8,10,13-16,22H2,1H3,(H,37,38)(H,39,41). The first-order valence-electron chi connectivity index (χ1n) is 15.2. The van der Waals surface area contributed by atoms with Gasteiger partial charge in [-0.3, -0.25) is 9.78 Å². The number of carbonyl (C=O) groups excluding carboxylic acids is 1. The zero-order chi connectivity index (χ0) is 30.0. The van der Waals surface area contributed by atoms with E-state index >= 15 is 0 Å². The molecule has 1 atom stereocenters. The van der Waals surface area contributed by atoms with Gasteiger partial charge in [0, 0.05) is 29.8 Å². The number of halogens is 1. The number of ether oxygens (including phenoxy) is 2. The molecule has 0 saturated carbocycles. The molecule has 10 heteroatoms. The highest BCUT2D eigenvalue weighted by Gasteiger charge is 2.17. The fourth-order valence-corrected chi connectivity index (χ4v) is 5.72. The third-order valence-corrected chi connectivity index (χ3v) is 7.99. The number of nitriles is 1. The van der Waals surface area contributed by atoms with Crippen LogP contribution in [0.25, 0.3) is 10.9 Å². The quantitative estimate of drug-likeness (QED) is 0.204. The number of carbonyl (C=O) groups is 1. The summed E-state index contributed by atoms with van der Waals surface area (Å²) < 4.78 is 11.8. The van der Waals surface area contributed by atoms with Crippen LogP contribution in [0.5, 0.6) is 11.5 Å². The number of pyridine rings is 1. The Morgan fingerprint density at radius 1 is 1.19 bits per heavy atom. The lowest BCUT2D eigenvalue weighted by Gasteiger charge is -2.26. The minimum absolute atomic E-state index is 0.0718. The van der Waals surface area contributed by atoms with Gasteiger partial charge in [0.2, 0.25) is 5.91 Å². The number of nitrogens with one attached hydrogen (secondary N) is 3. The average Bonchev–Trinajstić information content (AvgIpc) is 3.02.